The van der Waals surface area contributed by atoms with Gasteiger partial charge in [-0.25, -0.2) is 0 Å². The molecule has 0 fully saturated rings. The summed E-state index contributed by atoms with van der Waals surface area (Å²) in [6.45, 7) is 2.09. The second-order valence-electron chi connectivity index (χ2n) is 4.87. The van der Waals surface area contributed by atoms with E-state index in [2.05, 4.69) is 0 Å². The maximum atomic E-state index is 11.3. The van der Waals surface area contributed by atoms with Gasteiger partial charge in [-0.3, -0.25) is 4.79 Å². The van der Waals surface area contributed by atoms with Crippen molar-refractivity contribution in [2.45, 2.75) is 19.1 Å². The Morgan fingerprint density at radius 1 is 1.10 bits per heavy atom. The molecule has 20 heavy (non-hydrogen) atoms. The summed E-state index contributed by atoms with van der Waals surface area (Å²) >= 11 is 0. The number of carbonyl (C=O) groups excluding carboxylic acids is 1. The van der Waals surface area contributed by atoms with Crippen LogP contribution in [0.3, 0.4) is 0 Å². The van der Waals surface area contributed by atoms with Gasteiger partial charge in [-0.15, -0.1) is 0 Å². The number of amides is 1. The number of carbonyl (C=O) groups is 1. The first-order valence-corrected chi connectivity index (χ1v) is 6.36. The highest BCUT2D eigenvalue weighted by molar-refractivity contribution is 5.85. The third-order valence-corrected chi connectivity index (χ3v) is 3.21. The van der Waals surface area contributed by atoms with Crippen LogP contribution < -0.4 is 16.2 Å². The second kappa shape index (κ2) is 5.75. The molecule has 4 heteroatoms. The van der Waals surface area contributed by atoms with Crippen molar-refractivity contribution in [3.8, 4) is 5.75 Å². The minimum Gasteiger partial charge on any atom is -0.489 e. The minimum absolute atomic E-state index is 0.496. The molecule has 1 unspecified atom stereocenters. The standard InChI is InChI=1S/C16H18N2O2/c1-16(18,15(17)19)13-7-9-14(10-8-13)20-11-12-5-3-2-4-6-12/h2-10H,11,18H2,1H3,(H2,17,19). The molecule has 2 aromatic carbocycles. The Balaban J connectivity index is 2.04. The highest BCUT2D eigenvalue weighted by Crippen LogP contribution is 2.21. The van der Waals surface area contributed by atoms with Gasteiger partial charge in [0.2, 0.25) is 5.91 Å². The van der Waals surface area contributed by atoms with Crippen molar-refractivity contribution < 1.29 is 9.53 Å². The predicted octanol–water partition coefficient (Wildman–Crippen LogP) is 1.92. The van der Waals surface area contributed by atoms with Gasteiger partial charge in [-0.2, -0.15) is 0 Å². The average molecular weight is 270 g/mol. The summed E-state index contributed by atoms with van der Waals surface area (Å²) in [4.78, 5) is 11.3. The predicted molar refractivity (Wildman–Crippen MR) is 77.9 cm³/mol. The van der Waals surface area contributed by atoms with Crippen molar-refractivity contribution in [2.24, 2.45) is 11.5 Å². The van der Waals surface area contributed by atoms with Gasteiger partial charge in [0.1, 0.15) is 17.9 Å². The van der Waals surface area contributed by atoms with Gasteiger partial charge in [-0.1, -0.05) is 42.5 Å². The molecular formula is C16H18N2O2. The largest absolute Gasteiger partial charge is 0.489 e. The van der Waals surface area contributed by atoms with E-state index in [-0.39, 0.29) is 0 Å². The van der Waals surface area contributed by atoms with Crippen LogP contribution in [0.1, 0.15) is 18.1 Å². The van der Waals surface area contributed by atoms with Gasteiger partial charge in [0.05, 0.1) is 0 Å². The van der Waals surface area contributed by atoms with Gasteiger partial charge in [0.15, 0.2) is 0 Å². The molecule has 0 aromatic heterocycles. The lowest BCUT2D eigenvalue weighted by molar-refractivity contribution is -0.122. The van der Waals surface area contributed by atoms with E-state index in [0.717, 1.165) is 11.3 Å². The van der Waals surface area contributed by atoms with E-state index in [9.17, 15) is 4.79 Å². The fourth-order valence-electron chi connectivity index (χ4n) is 1.78. The number of benzene rings is 2. The third-order valence-electron chi connectivity index (χ3n) is 3.21. The number of ether oxygens (including phenoxy) is 1. The Hall–Kier alpha value is -2.33. The van der Waals surface area contributed by atoms with Crippen LogP contribution in [0.2, 0.25) is 0 Å². The van der Waals surface area contributed by atoms with Crippen LogP contribution in [0.4, 0.5) is 0 Å². The summed E-state index contributed by atoms with van der Waals surface area (Å²) in [6.07, 6.45) is 0. The Kier molecular flexibility index (Phi) is 4.05. The SMILES string of the molecule is CC(N)(C(N)=O)c1ccc(OCc2ccccc2)cc1. The molecule has 4 N–H and O–H groups in total. The van der Waals surface area contributed by atoms with Crippen LogP contribution >= 0.6 is 0 Å². The molecule has 0 bridgehead atoms. The second-order valence-corrected chi connectivity index (χ2v) is 4.87. The lowest BCUT2D eigenvalue weighted by atomic mass is 9.92. The average Bonchev–Trinajstić information content (AvgIpc) is 2.46. The quantitative estimate of drug-likeness (QED) is 0.871. The molecule has 0 heterocycles. The first-order valence-electron chi connectivity index (χ1n) is 6.36. The van der Waals surface area contributed by atoms with Gasteiger partial charge in [0, 0.05) is 0 Å². The van der Waals surface area contributed by atoms with Crippen molar-refractivity contribution in [1.29, 1.82) is 0 Å². The number of rotatable bonds is 5. The smallest absolute Gasteiger partial charge is 0.241 e. The van der Waals surface area contributed by atoms with E-state index in [0.29, 0.717) is 12.2 Å². The maximum absolute atomic E-state index is 11.3. The Morgan fingerprint density at radius 2 is 1.70 bits per heavy atom. The van der Waals surface area contributed by atoms with Crippen LogP contribution in [-0.2, 0) is 16.9 Å². The fourth-order valence-corrected chi connectivity index (χ4v) is 1.78. The first kappa shape index (κ1) is 14.1. The number of hydrogen-bond donors (Lipinski definition) is 2. The van der Waals surface area contributed by atoms with Crippen molar-refractivity contribution >= 4 is 5.91 Å². The molecule has 0 saturated carbocycles. The monoisotopic (exact) mass is 270 g/mol. The molecule has 4 nitrogen and oxygen atoms in total. The highest BCUT2D eigenvalue weighted by Gasteiger charge is 2.27. The van der Waals surface area contributed by atoms with Crippen LogP contribution in [-0.4, -0.2) is 5.91 Å². The number of hydrogen-bond acceptors (Lipinski definition) is 3. The lowest BCUT2D eigenvalue weighted by Crippen LogP contribution is -2.46. The third kappa shape index (κ3) is 3.16. The Morgan fingerprint density at radius 3 is 2.25 bits per heavy atom. The van der Waals surface area contributed by atoms with E-state index in [1.807, 2.05) is 30.3 Å². The van der Waals surface area contributed by atoms with Gasteiger partial charge in [-0.05, 0) is 30.2 Å². The molecule has 0 aliphatic carbocycles. The van der Waals surface area contributed by atoms with Gasteiger partial charge in [0.25, 0.3) is 0 Å². The molecule has 0 spiro atoms. The summed E-state index contributed by atoms with van der Waals surface area (Å²) in [5, 5.41) is 0. The normalized spacial score (nSPS) is 13.5. The summed E-state index contributed by atoms with van der Waals surface area (Å²) in [7, 11) is 0. The zero-order valence-corrected chi connectivity index (χ0v) is 11.4. The van der Waals surface area contributed by atoms with Crippen LogP contribution in [0.5, 0.6) is 5.75 Å². The Labute approximate surface area is 118 Å². The summed E-state index contributed by atoms with van der Waals surface area (Å²) in [5.74, 6) is 0.160. The van der Waals surface area contributed by atoms with E-state index in [1.165, 1.54) is 0 Å². The molecule has 104 valence electrons. The molecule has 0 aliphatic rings. The van der Waals surface area contributed by atoms with E-state index in [4.69, 9.17) is 16.2 Å². The minimum atomic E-state index is -1.17. The molecule has 0 radical (unpaired) electrons. The van der Waals surface area contributed by atoms with Crippen molar-refractivity contribution in [2.75, 3.05) is 0 Å². The molecule has 2 aromatic rings. The number of primary amides is 1. The molecule has 0 saturated heterocycles. The van der Waals surface area contributed by atoms with Crippen molar-refractivity contribution in [3.63, 3.8) is 0 Å². The number of nitrogens with two attached hydrogens (primary N) is 2. The molecule has 2 rings (SSSR count). The summed E-state index contributed by atoms with van der Waals surface area (Å²) in [6, 6.07) is 17.0. The van der Waals surface area contributed by atoms with E-state index < -0.39 is 11.4 Å². The zero-order chi connectivity index (χ0) is 14.6. The van der Waals surface area contributed by atoms with E-state index >= 15 is 0 Å². The first-order chi connectivity index (χ1) is 9.50. The summed E-state index contributed by atoms with van der Waals surface area (Å²) < 4.78 is 5.66. The molecular weight excluding hydrogens is 252 g/mol. The highest BCUT2D eigenvalue weighted by atomic mass is 16.5. The van der Waals surface area contributed by atoms with Crippen molar-refractivity contribution in [3.05, 3.63) is 65.7 Å². The zero-order valence-electron chi connectivity index (χ0n) is 11.4. The van der Waals surface area contributed by atoms with Crippen LogP contribution in [0.25, 0.3) is 0 Å². The van der Waals surface area contributed by atoms with Crippen molar-refractivity contribution in [1.82, 2.24) is 0 Å². The maximum Gasteiger partial charge on any atom is 0.241 e. The summed E-state index contributed by atoms with van der Waals surface area (Å²) in [5.41, 5.74) is 11.8. The van der Waals surface area contributed by atoms with Gasteiger partial charge < -0.3 is 16.2 Å². The fraction of sp³-hybridized carbons (Fsp3) is 0.188. The lowest BCUT2D eigenvalue weighted by Gasteiger charge is -2.21. The molecule has 0 aliphatic heterocycles. The van der Waals surface area contributed by atoms with E-state index in [1.54, 1.807) is 31.2 Å². The molecule has 1 atom stereocenters. The Bertz CT molecular complexity index is 577. The van der Waals surface area contributed by atoms with Crippen LogP contribution in [0, 0.1) is 0 Å². The van der Waals surface area contributed by atoms with Crippen LogP contribution in [0.15, 0.2) is 54.6 Å². The van der Waals surface area contributed by atoms with Gasteiger partial charge >= 0.3 is 0 Å². The molecule has 1 amide bonds. The topological polar surface area (TPSA) is 78.3 Å².